The molecule has 0 aliphatic heterocycles. The first-order valence-corrected chi connectivity index (χ1v) is 15.8. The van der Waals surface area contributed by atoms with E-state index in [2.05, 4.69) is 135 Å². The van der Waals surface area contributed by atoms with Crippen LogP contribution in [-0.2, 0) is 11.8 Å². The lowest BCUT2D eigenvalue weighted by Gasteiger charge is -2.25. The Hall–Kier alpha value is -5.14. The zero-order valence-corrected chi connectivity index (χ0v) is 24.9. The second-order valence-electron chi connectivity index (χ2n) is 13.1. The number of furan rings is 1. The van der Waals surface area contributed by atoms with Crippen LogP contribution < -0.4 is 0 Å². The fourth-order valence-corrected chi connectivity index (χ4v) is 8.56. The van der Waals surface area contributed by atoms with Crippen molar-refractivity contribution >= 4 is 49.6 Å². The van der Waals surface area contributed by atoms with E-state index in [1.807, 2.05) is 0 Å². The lowest BCUT2D eigenvalue weighted by Crippen LogP contribution is -2.14. The molecule has 0 unspecified atom stereocenters. The Kier molecular flexibility index (Phi) is 4.69. The summed E-state index contributed by atoms with van der Waals surface area (Å²) in [6, 6.07) is 40.6. The smallest absolute Gasteiger partial charge is 0.136 e. The Morgan fingerprint density at radius 1 is 0.591 bits per heavy atom. The van der Waals surface area contributed by atoms with Crippen molar-refractivity contribution < 1.29 is 4.42 Å². The highest BCUT2D eigenvalue weighted by atomic mass is 16.3. The molecule has 0 fully saturated rings. The van der Waals surface area contributed by atoms with Crippen molar-refractivity contribution in [2.45, 2.75) is 32.1 Å². The summed E-state index contributed by atoms with van der Waals surface area (Å²) in [4.78, 5) is 0. The third-order valence-corrected chi connectivity index (χ3v) is 10.5. The summed E-state index contributed by atoms with van der Waals surface area (Å²) in [5.41, 5.74) is 15.6. The third kappa shape index (κ3) is 3.04. The Morgan fingerprint density at radius 2 is 1.32 bits per heavy atom. The molecule has 0 amide bonds. The van der Waals surface area contributed by atoms with Crippen LogP contribution in [0, 0.1) is 0 Å². The maximum atomic E-state index is 6.34. The van der Waals surface area contributed by atoms with Gasteiger partial charge in [-0.05, 0) is 114 Å². The Labute approximate surface area is 256 Å². The van der Waals surface area contributed by atoms with E-state index in [1.54, 1.807) is 0 Å². The summed E-state index contributed by atoms with van der Waals surface area (Å²) in [7, 11) is 0. The van der Waals surface area contributed by atoms with Gasteiger partial charge in [-0.15, -0.1) is 0 Å². The molecule has 0 bridgehead atoms. The predicted octanol–water partition coefficient (Wildman–Crippen LogP) is 11.9. The molecule has 1 aromatic heterocycles. The van der Waals surface area contributed by atoms with E-state index >= 15 is 0 Å². The fourth-order valence-electron chi connectivity index (χ4n) is 8.56. The first-order valence-electron chi connectivity index (χ1n) is 15.8. The van der Waals surface area contributed by atoms with Crippen molar-refractivity contribution in [2.24, 2.45) is 0 Å². The van der Waals surface area contributed by atoms with E-state index in [0.29, 0.717) is 0 Å². The summed E-state index contributed by atoms with van der Waals surface area (Å²) in [6.07, 6.45) is 6.84. The van der Waals surface area contributed by atoms with E-state index in [9.17, 15) is 0 Å². The highest BCUT2D eigenvalue weighted by molar-refractivity contribution is 6.27. The molecule has 0 spiro atoms. The average molecular weight is 563 g/mol. The number of hydrogen-bond acceptors (Lipinski definition) is 1. The molecule has 2 aliphatic rings. The first kappa shape index (κ1) is 24.3. The SMILES string of the molecule is CC1(C)c2ccccc2-c2cc(-c3c4c(c(-c5cc6cccc7oc8cccc5c8c67)c5ccccc35)C=CCC4)ccc21. The van der Waals surface area contributed by atoms with Crippen LogP contribution in [0.5, 0.6) is 0 Å². The van der Waals surface area contributed by atoms with Crippen LogP contribution in [0.3, 0.4) is 0 Å². The normalized spacial score (nSPS) is 15.0. The zero-order valence-electron chi connectivity index (χ0n) is 24.9. The third-order valence-electron chi connectivity index (χ3n) is 10.5. The topological polar surface area (TPSA) is 13.1 Å². The van der Waals surface area contributed by atoms with Gasteiger partial charge in [0, 0.05) is 16.2 Å². The van der Waals surface area contributed by atoms with E-state index in [0.717, 1.165) is 24.0 Å². The maximum Gasteiger partial charge on any atom is 0.136 e. The summed E-state index contributed by atoms with van der Waals surface area (Å²) < 4.78 is 6.34. The van der Waals surface area contributed by atoms with Gasteiger partial charge in [-0.1, -0.05) is 111 Å². The van der Waals surface area contributed by atoms with Gasteiger partial charge in [0.05, 0.1) is 0 Å². The van der Waals surface area contributed by atoms with Crippen LogP contribution in [-0.4, -0.2) is 0 Å². The summed E-state index contributed by atoms with van der Waals surface area (Å²) in [5, 5.41) is 7.58. The van der Waals surface area contributed by atoms with Gasteiger partial charge in [-0.25, -0.2) is 0 Å². The van der Waals surface area contributed by atoms with E-state index in [-0.39, 0.29) is 5.41 Å². The second kappa shape index (κ2) is 8.49. The molecule has 0 saturated carbocycles. The molecule has 1 heterocycles. The largest absolute Gasteiger partial charge is 0.456 e. The molecule has 44 heavy (non-hydrogen) atoms. The Morgan fingerprint density at radius 3 is 2.20 bits per heavy atom. The van der Waals surface area contributed by atoms with Crippen LogP contribution in [0.1, 0.15) is 42.5 Å². The molecule has 8 aromatic rings. The molecule has 10 rings (SSSR count). The van der Waals surface area contributed by atoms with Crippen LogP contribution in [0.4, 0.5) is 0 Å². The highest BCUT2D eigenvalue weighted by Gasteiger charge is 2.35. The zero-order chi connectivity index (χ0) is 29.2. The van der Waals surface area contributed by atoms with Crippen LogP contribution in [0.2, 0.25) is 0 Å². The number of rotatable bonds is 2. The van der Waals surface area contributed by atoms with Crippen molar-refractivity contribution in [2.75, 3.05) is 0 Å². The lowest BCUT2D eigenvalue weighted by molar-refractivity contribution is 0.660. The van der Waals surface area contributed by atoms with Crippen molar-refractivity contribution in [1.82, 2.24) is 0 Å². The summed E-state index contributed by atoms with van der Waals surface area (Å²) in [6.45, 7) is 4.72. The van der Waals surface area contributed by atoms with Crippen molar-refractivity contribution in [1.29, 1.82) is 0 Å². The molecule has 0 saturated heterocycles. The van der Waals surface area contributed by atoms with Crippen molar-refractivity contribution in [3.63, 3.8) is 0 Å². The van der Waals surface area contributed by atoms with Gasteiger partial charge in [-0.2, -0.15) is 0 Å². The van der Waals surface area contributed by atoms with Crippen LogP contribution in [0.25, 0.3) is 82.9 Å². The van der Waals surface area contributed by atoms with Crippen molar-refractivity contribution in [3.8, 4) is 33.4 Å². The van der Waals surface area contributed by atoms with E-state index < -0.39 is 0 Å². The van der Waals surface area contributed by atoms with Gasteiger partial charge < -0.3 is 4.42 Å². The monoisotopic (exact) mass is 562 g/mol. The van der Waals surface area contributed by atoms with Gasteiger partial charge in [0.25, 0.3) is 0 Å². The van der Waals surface area contributed by atoms with Crippen LogP contribution >= 0.6 is 0 Å². The first-order chi connectivity index (χ1) is 21.6. The molecular formula is C43H30O. The van der Waals surface area contributed by atoms with Gasteiger partial charge in [0.15, 0.2) is 0 Å². The number of allylic oxidation sites excluding steroid dienone is 1. The summed E-state index contributed by atoms with van der Waals surface area (Å²) >= 11 is 0. The molecule has 2 aliphatic carbocycles. The molecule has 0 N–H and O–H groups in total. The van der Waals surface area contributed by atoms with E-state index in [1.165, 1.54) is 88.0 Å². The van der Waals surface area contributed by atoms with Gasteiger partial charge in [-0.3, -0.25) is 0 Å². The molecule has 0 radical (unpaired) electrons. The number of hydrogen-bond donors (Lipinski definition) is 0. The molecule has 208 valence electrons. The maximum absolute atomic E-state index is 6.34. The van der Waals surface area contributed by atoms with Gasteiger partial charge >= 0.3 is 0 Å². The minimum Gasteiger partial charge on any atom is -0.456 e. The van der Waals surface area contributed by atoms with Crippen molar-refractivity contribution in [3.05, 3.63) is 138 Å². The predicted molar refractivity (Wildman–Crippen MR) is 186 cm³/mol. The van der Waals surface area contributed by atoms with Crippen LogP contribution in [0.15, 0.2) is 120 Å². The standard InChI is InChI=1S/C43H30O/c1-43(2)35-18-8-7-12-27(35)33-23-26(21-22-36(33)43)39-28-13-3-5-15-30(28)41(31-16-6-4-14-29(31)39)34-24-25-11-9-19-37-40(25)42-32(34)17-10-20-38(42)44-37/h3,5-13,15-24H,4,14H2,1-2H3. The minimum absolute atomic E-state index is 0.00180. The van der Waals surface area contributed by atoms with E-state index in [4.69, 9.17) is 4.42 Å². The number of fused-ring (bicyclic) bond motifs is 5. The quantitative estimate of drug-likeness (QED) is 0.191. The van der Waals surface area contributed by atoms with Gasteiger partial charge in [0.2, 0.25) is 0 Å². The summed E-state index contributed by atoms with van der Waals surface area (Å²) in [5.74, 6) is 0. The average Bonchev–Trinajstić information content (AvgIpc) is 3.56. The lowest BCUT2D eigenvalue weighted by atomic mass is 9.78. The Balaban J connectivity index is 1.31. The molecule has 7 aromatic carbocycles. The molecule has 1 nitrogen and oxygen atoms in total. The highest BCUT2D eigenvalue weighted by Crippen LogP contribution is 2.52. The molecule has 0 atom stereocenters. The Bertz CT molecular complexity index is 2520. The second-order valence-corrected chi connectivity index (χ2v) is 13.1. The van der Waals surface area contributed by atoms with Gasteiger partial charge in [0.1, 0.15) is 11.2 Å². The molecular weight excluding hydrogens is 532 g/mol. The molecule has 1 heteroatoms. The minimum atomic E-state index is 0.00180. The fraction of sp³-hybridized carbons (Fsp3) is 0.116. The number of benzene rings is 7.